The standard InChI is InChI=1S/C19H22Cl2N4O2/c20-15-2-1-13(9-16(15)21)10-18(27)25-8-7-24-6-4-22-19(24)17(25)12-23-5-3-14(26)11-23/h1-2,4,6,9,14,17,26H,3,5,7-8,10-12H2/t14-,17+/m0/s1. The summed E-state index contributed by atoms with van der Waals surface area (Å²) in [6.07, 6.45) is 4.51. The van der Waals surface area contributed by atoms with Crippen LogP contribution in [0.1, 0.15) is 23.9 Å². The number of imidazole rings is 1. The van der Waals surface area contributed by atoms with E-state index >= 15 is 0 Å². The van der Waals surface area contributed by atoms with Gasteiger partial charge in [0.05, 0.1) is 22.6 Å². The number of carbonyl (C=O) groups is 1. The molecule has 1 N–H and O–H groups in total. The Bertz CT molecular complexity index is 841. The van der Waals surface area contributed by atoms with Gasteiger partial charge < -0.3 is 14.6 Å². The molecular formula is C19H22Cl2N4O2. The number of aliphatic hydroxyl groups is 1. The molecular weight excluding hydrogens is 387 g/mol. The van der Waals surface area contributed by atoms with E-state index in [1.807, 2.05) is 17.2 Å². The van der Waals surface area contributed by atoms with E-state index in [2.05, 4.69) is 14.5 Å². The van der Waals surface area contributed by atoms with Crippen LogP contribution in [-0.2, 0) is 17.8 Å². The normalized spacial score (nSPS) is 22.9. The predicted molar refractivity (Wildman–Crippen MR) is 104 cm³/mol. The van der Waals surface area contributed by atoms with Crippen LogP contribution in [0.15, 0.2) is 30.6 Å². The quantitative estimate of drug-likeness (QED) is 0.843. The lowest BCUT2D eigenvalue weighted by Crippen LogP contribution is -2.47. The van der Waals surface area contributed by atoms with Gasteiger partial charge in [0.25, 0.3) is 0 Å². The number of aliphatic hydroxyl groups excluding tert-OH is 1. The van der Waals surface area contributed by atoms with Gasteiger partial charge in [0, 0.05) is 45.1 Å². The average Bonchev–Trinajstić information content (AvgIpc) is 3.27. The molecule has 4 rings (SSSR count). The number of likely N-dealkylation sites (tertiary alicyclic amines) is 1. The molecule has 1 saturated heterocycles. The first-order chi connectivity index (χ1) is 13.0. The van der Waals surface area contributed by atoms with E-state index in [4.69, 9.17) is 23.2 Å². The summed E-state index contributed by atoms with van der Waals surface area (Å²) >= 11 is 12.1. The van der Waals surface area contributed by atoms with Crippen molar-refractivity contribution in [2.45, 2.75) is 31.5 Å². The number of nitrogens with zero attached hydrogens (tertiary/aromatic N) is 4. The second kappa shape index (κ2) is 7.80. The Kier molecular flexibility index (Phi) is 5.41. The van der Waals surface area contributed by atoms with Crippen molar-refractivity contribution in [3.05, 3.63) is 52.0 Å². The number of aromatic nitrogens is 2. The zero-order valence-corrected chi connectivity index (χ0v) is 16.4. The summed E-state index contributed by atoms with van der Waals surface area (Å²) < 4.78 is 2.11. The van der Waals surface area contributed by atoms with Crippen molar-refractivity contribution in [3.63, 3.8) is 0 Å². The summed E-state index contributed by atoms with van der Waals surface area (Å²) in [5, 5.41) is 10.8. The van der Waals surface area contributed by atoms with Gasteiger partial charge in [-0.25, -0.2) is 4.98 Å². The molecule has 1 aromatic heterocycles. The Morgan fingerprint density at radius 3 is 2.81 bits per heavy atom. The highest BCUT2D eigenvalue weighted by molar-refractivity contribution is 6.42. The lowest BCUT2D eigenvalue weighted by Gasteiger charge is -2.38. The molecule has 144 valence electrons. The maximum absolute atomic E-state index is 13.1. The molecule has 27 heavy (non-hydrogen) atoms. The molecule has 1 fully saturated rings. The summed E-state index contributed by atoms with van der Waals surface area (Å²) in [7, 11) is 0. The van der Waals surface area contributed by atoms with Gasteiger partial charge in [-0.3, -0.25) is 9.69 Å². The van der Waals surface area contributed by atoms with E-state index in [1.165, 1.54) is 0 Å². The number of hydrogen-bond donors (Lipinski definition) is 1. The number of benzene rings is 1. The number of hydrogen-bond acceptors (Lipinski definition) is 4. The molecule has 3 heterocycles. The molecule has 0 spiro atoms. The zero-order valence-electron chi connectivity index (χ0n) is 14.9. The van der Waals surface area contributed by atoms with Crippen molar-refractivity contribution in [2.24, 2.45) is 0 Å². The number of halogens is 2. The lowest BCUT2D eigenvalue weighted by molar-refractivity contribution is -0.134. The highest BCUT2D eigenvalue weighted by Gasteiger charge is 2.34. The summed E-state index contributed by atoms with van der Waals surface area (Å²) in [5.41, 5.74) is 0.846. The van der Waals surface area contributed by atoms with Gasteiger partial charge in [-0.05, 0) is 24.1 Å². The van der Waals surface area contributed by atoms with Crippen molar-refractivity contribution in [1.29, 1.82) is 0 Å². The fraction of sp³-hybridized carbons (Fsp3) is 0.474. The predicted octanol–water partition coefficient (Wildman–Crippen LogP) is 2.38. The van der Waals surface area contributed by atoms with E-state index in [9.17, 15) is 9.90 Å². The second-order valence-electron chi connectivity index (χ2n) is 7.21. The summed E-state index contributed by atoms with van der Waals surface area (Å²) in [4.78, 5) is 21.7. The number of carbonyl (C=O) groups excluding carboxylic acids is 1. The molecule has 1 amide bonds. The fourth-order valence-corrected chi connectivity index (χ4v) is 4.27. The molecule has 0 aliphatic carbocycles. The van der Waals surface area contributed by atoms with Gasteiger partial charge in [-0.15, -0.1) is 0 Å². The Labute approximate surface area is 168 Å². The molecule has 6 nitrogen and oxygen atoms in total. The highest BCUT2D eigenvalue weighted by atomic mass is 35.5. The van der Waals surface area contributed by atoms with Crippen LogP contribution >= 0.6 is 23.2 Å². The summed E-state index contributed by atoms with van der Waals surface area (Å²) in [6.45, 7) is 3.55. The zero-order chi connectivity index (χ0) is 19.0. The number of β-amino-alcohol motifs (C(OH)–C–C–N with tert-alkyl or cyclic N) is 1. The van der Waals surface area contributed by atoms with Crippen LogP contribution in [0, 0.1) is 0 Å². The highest BCUT2D eigenvalue weighted by Crippen LogP contribution is 2.28. The van der Waals surface area contributed by atoms with Crippen LogP contribution < -0.4 is 0 Å². The molecule has 2 aromatic rings. The Morgan fingerprint density at radius 2 is 2.07 bits per heavy atom. The van der Waals surface area contributed by atoms with Crippen LogP contribution in [0.25, 0.3) is 0 Å². The number of amides is 1. The van der Waals surface area contributed by atoms with Crippen molar-refractivity contribution >= 4 is 29.1 Å². The minimum Gasteiger partial charge on any atom is -0.392 e. The molecule has 2 atom stereocenters. The molecule has 0 radical (unpaired) electrons. The van der Waals surface area contributed by atoms with Gasteiger partial charge >= 0.3 is 0 Å². The topological polar surface area (TPSA) is 61.6 Å². The first kappa shape index (κ1) is 18.7. The maximum Gasteiger partial charge on any atom is 0.227 e. The van der Waals surface area contributed by atoms with Crippen molar-refractivity contribution in [3.8, 4) is 0 Å². The third-order valence-corrected chi connectivity index (χ3v) is 6.08. The molecule has 2 aliphatic heterocycles. The van der Waals surface area contributed by atoms with Crippen LogP contribution in [0.2, 0.25) is 10.0 Å². The third-order valence-electron chi connectivity index (χ3n) is 5.34. The second-order valence-corrected chi connectivity index (χ2v) is 8.02. The van der Waals surface area contributed by atoms with Gasteiger partial charge in [-0.2, -0.15) is 0 Å². The third kappa shape index (κ3) is 3.99. The van der Waals surface area contributed by atoms with Crippen molar-refractivity contribution in [2.75, 3.05) is 26.2 Å². The van der Waals surface area contributed by atoms with Crippen molar-refractivity contribution < 1.29 is 9.90 Å². The Hall–Kier alpha value is -1.60. The first-order valence-electron chi connectivity index (χ1n) is 9.16. The Balaban J connectivity index is 1.53. The largest absolute Gasteiger partial charge is 0.392 e. The number of fused-ring (bicyclic) bond motifs is 1. The fourth-order valence-electron chi connectivity index (χ4n) is 3.95. The van der Waals surface area contributed by atoms with E-state index in [1.54, 1.807) is 18.3 Å². The monoisotopic (exact) mass is 408 g/mol. The van der Waals surface area contributed by atoms with Crippen LogP contribution in [0.3, 0.4) is 0 Å². The van der Waals surface area contributed by atoms with Gasteiger partial charge in [0.1, 0.15) is 11.9 Å². The molecule has 1 aromatic carbocycles. The molecule has 0 saturated carbocycles. The van der Waals surface area contributed by atoms with Crippen LogP contribution in [-0.4, -0.2) is 62.6 Å². The molecule has 8 heteroatoms. The minimum absolute atomic E-state index is 0.0485. The van der Waals surface area contributed by atoms with E-state index in [0.717, 1.165) is 30.9 Å². The SMILES string of the molecule is O=C(Cc1ccc(Cl)c(Cl)c1)N1CCn2ccnc2[C@H]1CN1CC[C@H](O)C1. The van der Waals surface area contributed by atoms with Gasteiger partial charge in [0.15, 0.2) is 0 Å². The van der Waals surface area contributed by atoms with Crippen LogP contribution in [0.4, 0.5) is 0 Å². The Morgan fingerprint density at radius 1 is 1.22 bits per heavy atom. The molecule has 0 unspecified atom stereocenters. The van der Waals surface area contributed by atoms with Crippen molar-refractivity contribution in [1.82, 2.24) is 19.4 Å². The van der Waals surface area contributed by atoms with E-state index < -0.39 is 0 Å². The summed E-state index contributed by atoms with van der Waals surface area (Å²) in [6, 6.07) is 5.19. The summed E-state index contributed by atoms with van der Waals surface area (Å²) in [5.74, 6) is 0.956. The first-order valence-corrected chi connectivity index (χ1v) is 9.91. The lowest BCUT2D eigenvalue weighted by atomic mass is 10.1. The van der Waals surface area contributed by atoms with E-state index in [-0.39, 0.29) is 24.5 Å². The molecule has 2 aliphatic rings. The van der Waals surface area contributed by atoms with Crippen LogP contribution in [0.5, 0.6) is 0 Å². The van der Waals surface area contributed by atoms with Gasteiger partial charge in [-0.1, -0.05) is 29.3 Å². The molecule has 0 bridgehead atoms. The average molecular weight is 409 g/mol. The minimum atomic E-state index is -0.284. The van der Waals surface area contributed by atoms with Gasteiger partial charge in [0.2, 0.25) is 5.91 Å². The smallest absolute Gasteiger partial charge is 0.227 e. The maximum atomic E-state index is 13.1. The van der Waals surface area contributed by atoms with E-state index in [0.29, 0.717) is 29.7 Å². The number of rotatable bonds is 4.